The monoisotopic (exact) mass is 332 g/mol. The van der Waals surface area contributed by atoms with Crippen molar-refractivity contribution in [1.29, 1.82) is 0 Å². The minimum Gasteiger partial charge on any atom is -0.329 e. The third-order valence-electron chi connectivity index (χ3n) is 4.77. The molecule has 0 bridgehead atoms. The lowest BCUT2D eigenvalue weighted by Crippen LogP contribution is -2.57. The Bertz CT molecular complexity index is 886. The van der Waals surface area contributed by atoms with E-state index in [0.29, 0.717) is 12.2 Å². The fourth-order valence-electron chi connectivity index (χ4n) is 3.63. The summed E-state index contributed by atoms with van der Waals surface area (Å²) in [5.41, 5.74) is 3.38. The normalized spacial score (nSPS) is 18.6. The second-order valence-corrected chi connectivity index (χ2v) is 7.14. The van der Waals surface area contributed by atoms with Crippen LogP contribution >= 0.6 is 0 Å². The number of nitrogens with one attached hydrogen (secondary N) is 1. The molecule has 1 atom stereocenters. The van der Waals surface area contributed by atoms with E-state index in [1.807, 2.05) is 59.6 Å². The van der Waals surface area contributed by atoms with E-state index in [9.17, 15) is 4.79 Å². The second-order valence-electron chi connectivity index (χ2n) is 7.14. The highest BCUT2D eigenvalue weighted by Crippen LogP contribution is 2.48. The Balaban J connectivity index is 1.60. The topological polar surface area (TPSA) is 61.9 Å². The van der Waals surface area contributed by atoms with E-state index in [0.717, 1.165) is 16.8 Å². The van der Waals surface area contributed by atoms with Crippen molar-refractivity contribution in [2.45, 2.75) is 19.9 Å². The molecule has 3 heterocycles. The molecule has 5 nitrogen and oxygen atoms in total. The molecule has 3 aromatic rings. The van der Waals surface area contributed by atoms with Gasteiger partial charge in [0.25, 0.3) is 5.91 Å². The van der Waals surface area contributed by atoms with E-state index in [1.54, 1.807) is 6.20 Å². The van der Waals surface area contributed by atoms with E-state index in [-0.39, 0.29) is 17.4 Å². The third kappa shape index (κ3) is 2.71. The van der Waals surface area contributed by atoms with Crippen molar-refractivity contribution in [3.8, 4) is 11.3 Å². The van der Waals surface area contributed by atoms with Crippen LogP contribution in [0.25, 0.3) is 11.3 Å². The van der Waals surface area contributed by atoms with Crippen molar-refractivity contribution in [2.75, 3.05) is 6.54 Å². The van der Waals surface area contributed by atoms with Crippen LogP contribution in [0.4, 0.5) is 0 Å². The Morgan fingerprint density at radius 3 is 2.68 bits per heavy atom. The van der Waals surface area contributed by atoms with Gasteiger partial charge in [-0.3, -0.25) is 14.9 Å². The van der Waals surface area contributed by atoms with Crippen molar-refractivity contribution >= 4 is 5.91 Å². The summed E-state index contributed by atoms with van der Waals surface area (Å²) in [5.74, 6) is -0.0251. The molecule has 0 saturated carbocycles. The number of hydrogen-bond acceptors (Lipinski definition) is 3. The van der Waals surface area contributed by atoms with Gasteiger partial charge in [-0.05, 0) is 17.7 Å². The predicted octanol–water partition coefficient (Wildman–Crippen LogP) is 3.70. The molecule has 1 unspecified atom stereocenters. The zero-order chi connectivity index (χ0) is 17.4. The molecule has 1 amide bonds. The summed E-state index contributed by atoms with van der Waals surface area (Å²) in [6.45, 7) is 5.07. The van der Waals surface area contributed by atoms with Gasteiger partial charge in [0, 0.05) is 29.9 Å². The maximum absolute atomic E-state index is 13.0. The molecule has 0 aliphatic carbocycles. The number of H-pyrrole nitrogens is 1. The van der Waals surface area contributed by atoms with Gasteiger partial charge in [-0.25, -0.2) is 0 Å². The van der Waals surface area contributed by atoms with Crippen LogP contribution in [0.3, 0.4) is 0 Å². The maximum atomic E-state index is 13.0. The summed E-state index contributed by atoms with van der Waals surface area (Å²) in [4.78, 5) is 19.1. The average molecular weight is 332 g/mol. The minimum absolute atomic E-state index is 0.0251. The van der Waals surface area contributed by atoms with Gasteiger partial charge in [-0.15, -0.1) is 0 Å². The van der Waals surface area contributed by atoms with Gasteiger partial charge in [0.1, 0.15) is 5.69 Å². The zero-order valence-corrected chi connectivity index (χ0v) is 14.3. The molecule has 0 radical (unpaired) electrons. The molecular formula is C20H20N4O. The highest BCUT2D eigenvalue weighted by molar-refractivity contribution is 5.94. The first-order chi connectivity index (χ1) is 12.1. The number of carbonyl (C=O) groups is 1. The standard InChI is InChI=1S/C20H20N4O/c1-20(2)13-24(18(20)15-9-6-10-21-12-15)19(25)17-11-16(22-23-17)14-7-4-3-5-8-14/h3-12,18H,13H2,1-2H3,(H,22,23). The smallest absolute Gasteiger partial charge is 0.272 e. The van der Waals surface area contributed by atoms with Gasteiger partial charge >= 0.3 is 0 Å². The van der Waals surface area contributed by atoms with Crippen molar-refractivity contribution in [2.24, 2.45) is 5.41 Å². The molecule has 126 valence electrons. The van der Waals surface area contributed by atoms with Gasteiger partial charge < -0.3 is 4.90 Å². The maximum Gasteiger partial charge on any atom is 0.272 e. The summed E-state index contributed by atoms with van der Waals surface area (Å²) >= 11 is 0. The molecule has 1 aliphatic rings. The van der Waals surface area contributed by atoms with Crippen molar-refractivity contribution < 1.29 is 4.79 Å². The van der Waals surface area contributed by atoms with Crippen LogP contribution < -0.4 is 0 Å². The largest absolute Gasteiger partial charge is 0.329 e. The van der Waals surface area contributed by atoms with E-state index >= 15 is 0 Å². The number of rotatable bonds is 3. The minimum atomic E-state index is -0.0251. The van der Waals surface area contributed by atoms with Crippen LogP contribution in [0.5, 0.6) is 0 Å². The van der Waals surface area contributed by atoms with Crippen LogP contribution in [0.15, 0.2) is 60.9 Å². The Kier molecular flexibility index (Phi) is 3.64. The van der Waals surface area contributed by atoms with E-state index < -0.39 is 0 Å². The highest BCUT2D eigenvalue weighted by Gasteiger charge is 2.49. The predicted molar refractivity (Wildman–Crippen MR) is 95.8 cm³/mol. The molecule has 1 saturated heterocycles. The molecule has 1 N–H and O–H groups in total. The lowest BCUT2D eigenvalue weighted by atomic mass is 9.72. The zero-order valence-electron chi connectivity index (χ0n) is 14.3. The average Bonchev–Trinajstić information content (AvgIpc) is 3.11. The quantitative estimate of drug-likeness (QED) is 0.795. The van der Waals surface area contributed by atoms with E-state index in [1.165, 1.54) is 0 Å². The number of benzene rings is 1. The number of pyridine rings is 1. The fourth-order valence-corrected chi connectivity index (χ4v) is 3.63. The van der Waals surface area contributed by atoms with E-state index in [2.05, 4.69) is 29.0 Å². The molecule has 25 heavy (non-hydrogen) atoms. The van der Waals surface area contributed by atoms with Crippen molar-refractivity contribution in [3.63, 3.8) is 0 Å². The van der Waals surface area contributed by atoms with Crippen LogP contribution in [-0.2, 0) is 0 Å². The Morgan fingerprint density at radius 1 is 1.20 bits per heavy atom. The van der Waals surface area contributed by atoms with E-state index in [4.69, 9.17) is 0 Å². The molecule has 4 rings (SSSR count). The fraction of sp³-hybridized carbons (Fsp3) is 0.250. The summed E-state index contributed by atoms with van der Waals surface area (Å²) < 4.78 is 0. The number of hydrogen-bond donors (Lipinski definition) is 1. The molecule has 2 aromatic heterocycles. The van der Waals surface area contributed by atoms with Crippen molar-refractivity contribution in [1.82, 2.24) is 20.1 Å². The Morgan fingerprint density at radius 2 is 2.00 bits per heavy atom. The Hall–Kier alpha value is -2.95. The number of amides is 1. The van der Waals surface area contributed by atoms with Gasteiger partial charge in [0.15, 0.2) is 0 Å². The summed E-state index contributed by atoms with van der Waals surface area (Å²) in [5, 5.41) is 7.19. The first kappa shape index (κ1) is 15.6. The summed E-state index contributed by atoms with van der Waals surface area (Å²) in [6, 6.07) is 15.6. The SMILES string of the molecule is CC1(C)CN(C(=O)c2cc(-c3ccccc3)n[nH]2)C1c1cccnc1. The number of carbonyl (C=O) groups excluding carboxylic acids is 1. The lowest BCUT2D eigenvalue weighted by Gasteiger charge is -2.54. The first-order valence-electron chi connectivity index (χ1n) is 8.38. The molecular weight excluding hydrogens is 312 g/mol. The van der Waals surface area contributed by atoms with Crippen LogP contribution in [0.1, 0.15) is 35.9 Å². The molecule has 1 aromatic carbocycles. The van der Waals surface area contributed by atoms with Crippen molar-refractivity contribution in [3.05, 3.63) is 72.2 Å². The molecule has 1 aliphatic heterocycles. The lowest BCUT2D eigenvalue weighted by molar-refractivity contribution is -0.0327. The summed E-state index contributed by atoms with van der Waals surface area (Å²) in [7, 11) is 0. The number of aromatic amines is 1. The molecule has 1 fully saturated rings. The van der Waals surface area contributed by atoms with Crippen LogP contribution in [0, 0.1) is 5.41 Å². The Labute approximate surface area is 146 Å². The molecule has 0 spiro atoms. The van der Waals surface area contributed by atoms with Gasteiger partial charge in [0.2, 0.25) is 0 Å². The van der Waals surface area contributed by atoms with Crippen LogP contribution in [-0.4, -0.2) is 32.5 Å². The number of aromatic nitrogens is 3. The third-order valence-corrected chi connectivity index (χ3v) is 4.77. The van der Waals surface area contributed by atoms with Crippen LogP contribution in [0.2, 0.25) is 0 Å². The second kappa shape index (κ2) is 5.84. The number of nitrogens with zero attached hydrogens (tertiary/aromatic N) is 3. The highest BCUT2D eigenvalue weighted by atomic mass is 16.2. The number of likely N-dealkylation sites (tertiary alicyclic amines) is 1. The first-order valence-corrected chi connectivity index (χ1v) is 8.38. The van der Waals surface area contributed by atoms with Gasteiger partial charge in [-0.2, -0.15) is 5.10 Å². The summed E-state index contributed by atoms with van der Waals surface area (Å²) in [6.07, 6.45) is 3.59. The van der Waals surface area contributed by atoms with Gasteiger partial charge in [0.05, 0.1) is 11.7 Å². The van der Waals surface area contributed by atoms with Gasteiger partial charge in [-0.1, -0.05) is 50.2 Å². The molecule has 5 heteroatoms.